The number of aryl methyl sites for hydroxylation is 1. The number of carbonyl (C=O) groups excluding carboxylic acids is 4. The number of benzene rings is 4. The standard InChI is InChI=1S/C51H63BrN4O4/c1-35-16-17-41(48(58)14-8-24-55-28-22-38(23-29-55)40-11-7-13-46(34-40)54-50(60)51(3,4)5)30-43(35)32-44-31-42(18-19-47(44)52)49(59)15-9-25-56-26-20-37(21-27-56)39-10-6-12-45(33-39)53-36(2)57/h6-7,10-13,16-19,30-31,33-34,37-38H,8-9,14-15,20-29,32H2,1-5H3,(H,53,57)(H,54,60). The Hall–Kier alpha value is -4.44. The molecule has 0 unspecified atom stereocenters. The maximum Gasteiger partial charge on any atom is 0.229 e. The lowest BCUT2D eigenvalue weighted by atomic mass is 9.89. The van der Waals surface area contributed by atoms with Gasteiger partial charge in [-0.3, -0.25) is 19.2 Å². The third kappa shape index (κ3) is 12.8. The van der Waals surface area contributed by atoms with Crippen molar-refractivity contribution in [2.75, 3.05) is 49.9 Å². The molecule has 318 valence electrons. The second kappa shape index (κ2) is 20.9. The Morgan fingerprint density at radius 1 is 0.650 bits per heavy atom. The summed E-state index contributed by atoms with van der Waals surface area (Å²) in [6.45, 7) is 15.2. The summed E-state index contributed by atoms with van der Waals surface area (Å²) < 4.78 is 0.962. The minimum atomic E-state index is -0.438. The number of nitrogens with zero attached hydrogens (tertiary/aromatic N) is 2. The molecule has 2 saturated heterocycles. The first-order chi connectivity index (χ1) is 28.7. The highest BCUT2D eigenvalue weighted by Gasteiger charge is 2.24. The molecule has 0 radical (unpaired) electrons. The molecule has 0 spiro atoms. The van der Waals surface area contributed by atoms with Crippen LogP contribution in [0.5, 0.6) is 0 Å². The van der Waals surface area contributed by atoms with Crippen LogP contribution in [0.3, 0.4) is 0 Å². The summed E-state index contributed by atoms with van der Waals surface area (Å²) in [4.78, 5) is 55.8. The van der Waals surface area contributed by atoms with E-state index < -0.39 is 5.41 Å². The van der Waals surface area contributed by atoms with E-state index >= 15 is 0 Å². The van der Waals surface area contributed by atoms with E-state index in [0.29, 0.717) is 31.1 Å². The molecule has 4 aromatic rings. The van der Waals surface area contributed by atoms with Gasteiger partial charge >= 0.3 is 0 Å². The largest absolute Gasteiger partial charge is 0.326 e. The zero-order valence-electron chi connectivity index (χ0n) is 36.2. The van der Waals surface area contributed by atoms with Gasteiger partial charge in [0.15, 0.2) is 11.6 Å². The molecular formula is C51H63BrN4O4. The highest BCUT2D eigenvalue weighted by molar-refractivity contribution is 9.10. The second-order valence-electron chi connectivity index (χ2n) is 18.0. The van der Waals surface area contributed by atoms with Gasteiger partial charge in [-0.05, 0) is 173 Å². The van der Waals surface area contributed by atoms with Crippen molar-refractivity contribution in [3.8, 4) is 0 Å². The molecule has 0 aliphatic carbocycles. The summed E-state index contributed by atoms with van der Waals surface area (Å²) in [6.07, 6.45) is 7.56. The number of rotatable bonds is 16. The predicted octanol–water partition coefficient (Wildman–Crippen LogP) is 11.0. The number of halogens is 1. The van der Waals surface area contributed by atoms with E-state index in [1.807, 2.05) is 81.4 Å². The minimum Gasteiger partial charge on any atom is -0.326 e. The third-order valence-corrected chi connectivity index (χ3v) is 13.1. The Bertz CT molecular complexity index is 2140. The Morgan fingerprint density at radius 3 is 1.63 bits per heavy atom. The monoisotopic (exact) mass is 874 g/mol. The Morgan fingerprint density at radius 2 is 1.13 bits per heavy atom. The summed E-state index contributed by atoms with van der Waals surface area (Å²) in [7, 11) is 0. The molecule has 4 aromatic carbocycles. The van der Waals surface area contributed by atoms with E-state index in [1.165, 1.54) is 18.1 Å². The molecule has 0 aromatic heterocycles. The van der Waals surface area contributed by atoms with Gasteiger partial charge in [0.2, 0.25) is 11.8 Å². The molecule has 2 aliphatic rings. The lowest BCUT2D eigenvalue weighted by molar-refractivity contribution is -0.123. The molecular weight excluding hydrogens is 812 g/mol. The van der Waals surface area contributed by atoms with Gasteiger partial charge in [-0.15, -0.1) is 0 Å². The third-order valence-electron chi connectivity index (χ3n) is 12.3. The number of likely N-dealkylation sites (tertiary alicyclic amines) is 2. The van der Waals surface area contributed by atoms with Crippen LogP contribution in [0.1, 0.15) is 139 Å². The van der Waals surface area contributed by atoms with Crippen LogP contribution in [0.25, 0.3) is 0 Å². The number of Topliss-reactive ketones (excluding diaryl/α,β-unsaturated/α-hetero) is 2. The zero-order chi connectivity index (χ0) is 42.8. The van der Waals surface area contributed by atoms with E-state index in [1.54, 1.807) is 0 Å². The molecule has 60 heavy (non-hydrogen) atoms. The maximum atomic E-state index is 13.4. The normalized spacial score (nSPS) is 15.8. The lowest BCUT2D eigenvalue weighted by Gasteiger charge is -2.32. The van der Waals surface area contributed by atoms with Gasteiger partial charge in [0, 0.05) is 52.2 Å². The molecule has 2 aliphatic heterocycles. The number of nitrogens with one attached hydrogen (secondary N) is 2. The number of carbonyl (C=O) groups is 4. The quantitative estimate of drug-likeness (QED) is 0.109. The molecule has 8 nitrogen and oxygen atoms in total. The summed E-state index contributed by atoms with van der Waals surface area (Å²) in [5.74, 6) is 1.24. The van der Waals surface area contributed by atoms with E-state index in [9.17, 15) is 19.2 Å². The van der Waals surface area contributed by atoms with Gasteiger partial charge < -0.3 is 20.4 Å². The molecule has 2 N–H and O–H groups in total. The number of hydrogen-bond acceptors (Lipinski definition) is 6. The van der Waals surface area contributed by atoms with Crippen LogP contribution in [0.4, 0.5) is 11.4 Å². The van der Waals surface area contributed by atoms with Crippen molar-refractivity contribution < 1.29 is 19.2 Å². The van der Waals surface area contributed by atoms with Crippen molar-refractivity contribution in [3.63, 3.8) is 0 Å². The van der Waals surface area contributed by atoms with E-state index in [2.05, 4.69) is 67.6 Å². The Kier molecular flexibility index (Phi) is 15.7. The average Bonchev–Trinajstić information content (AvgIpc) is 3.22. The van der Waals surface area contributed by atoms with Crippen LogP contribution in [-0.2, 0) is 16.0 Å². The number of amides is 2. The molecule has 0 bridgehead atoms. The first kappa shape index (κ1) is 45.1. The van der Waals surface area contributed by atoms with Crippen molar-refractivity contribution >= 4 is 50.7 Å². The van der Waals surface area contributed by atoms with Crippen molar-refractivity contribution in [3.05, 3.63) is 128 Å². The Balaban J connectivity index is 0.936. The highest BCUT2D eigenvalue weighted by Crippen LogP contribution is 2.32. The van der Waals surface area contributed by atoms with E-state index in [0.717, 1.165) is 121 Å². The molecule has 0 atom stereocenters. The first-order valence-electron chi connectivity index (χ1n) is 21.9. The molecule has 2 heterocycles. The van der Waals surface area contributed by atoms with Crippen molar-refractivity contribution in [2.45, 2.75) is 104 Å². The minimum absolute atomic E-state index is 0.0216. The smallest absolute Gasteiger partial charge is 0.229 e. The number of anilines is 2. The molecule has 2 fully saturated rings. The zero-order valence-corrected chi connectivity index (χ0v) is 37.8. The molecule has 6 rings (SSSR count). The van der Waals surface area contributed by atoms with Crippen molar-refractivity contribution in [1.82, 2.24) is 9.80 Å². The van der Waals surface area contributed by atoms with Gasteiger partial charge in [0.05, 0.1) is 0 Å². The van der Waals surface area contributed by atoms with Gasteiger partial charge in [-0.2, -0.15) is 0 Å². The lowest BCUT2D eigenvalue weighted by Crippen LogP contribution is -2.34. The summed E-state index contributed by atoms with van der Waals surface area (Å²) in [5, 5.41) is 5.96. The van der Waals surface area contributed by atoms with Gasteiger partial charge in [-0.1, -0.05) is 79.2 Å². The second-order valence-corrected chi connectivity index (χ2v) is 18.9. The molecule has 9 heteroatoms. The first-order valence-corrected chi connectivity index (χ1v) is 22.7. The number of piperidine rings is 2. The van der Waals surface area contributed by atoms with Crippen molar-refractivity contribution in [1.29, 1.82) is 0 Å². The van der Waals surface area contributed by atoms with Crippen LogP contribution in [0.15, 0.2) is 89.4 Å². The number of ketones is 2. The van der Waals surface area contributed by atoms with Crippen LogP contribution in [0, 0.1) is 12.3 Å². The average molecular weight is 876 g/mol. The SMILES string of the molecule is CC(=O)Nc1cccc(C2CCN(CCCC(=O)c3ccc(Br)c(Cc4cc(C(=O)CCCN5CCC(c6cccc(NC(=O)C(C)(C)C)c6)CC5)ccc4C)c3)CC2)c1. The van der Waals surface area contributed by atoms with E-state index in [4.69, 9.17) is 0 Å². The molecule has 0 saturated carbocycles. The van der Waals surface area contributed by atoms with Gasteiger partial charge in [-0.25, -0.2) is 0 Å². The van der Waals surface area contributed by atoms with E-state index in [-0.39, 0.29) is 23.4 Å². The highest BCUT2D eigenvalue weighted by atomic mass is 79.9. The Labute approximate surface area is 366 Å². The van der Waals surface area contributed by atoms with Crippen LogP contribution >= 0.6 is 15.9 Å². The van der Waals surface area contributed by atoms with Crippen LogP contribution in [-0.4, -0.2) is 72.4 Å². The van der Waals surface area contributed by atoms with Crippen LogP contribution in [0.2, 0.25) is 0 Å². The molecule has 2 amide bonds. The fraction of sp³-hybridized carbons (Fsp3) is 0.451. The fourth-order valence-corrected chi connectivity index (χ4v) is 8.97. The summed E-state index contributed by atoms with van der Waals surface area (Å²) in [6, 6.07) is 28.5. The van der Waals surface area contributed by atoms with Gasteiger partial charge in [0.25, 0.3) is 0 Å². The van der Waals surface area contributed by atoms with Crippen LogP contribution < -0.4 is 10.6 Å². The number of hydrogen-bond donors (Lipinski definition) is 2. The van der Waals surface area contributed by atoms with Gasteiger partial charge in [0.1, 0.15) is 0 Å². The predicted molar refractivity (Wildman–Crippen MR) is 247 cm³/mol. The summed E-state index contributed by atoms with van der Waals surface area (Å²) in [5.41, 5.74) is 8.58. The topological polar surface area (TPSA) is 98.8 Å². The fourth-order valence-electron chi connectivity index (χ4n) is 8.58. The maximum absolute atomic E-state index is 13.4. The van der Waals surface area contributed by atoms with Crippen molar-refractivity contribution in [2.24, 2.45) is 5.41 Å². The summed E-state index contributed by atoms with van der Waals surface area (Å²) >= 11 is 3.73.